The molecule has 77 heavy (non-hydrogen) atoms. The molecule has 0 aliphatic carbocycles. The number of nitrogens with one attached hydrogen (secondary N) is 2. The Kier molecular flexibility index (Phi) is 19.4. The fourth-order valence-corrected chi connectivity index (χ4v) is 18.7. The average Bonchev–Trinajstić information content (AvgIpc) is 4.04. The molecule has 2 aliphatic rings. The monoisotopic (exact) mass is 1110 g/mol. The topological polar surface area (TPSA) is 232 Å². The number of nitrogens with zero attached hydrogens (tertiary/aromatic N) is 4. The van der Waals surface area contributed by atoms with Crippen molar-refractivity contribution in [1.82, 2.24) is 28.9 Å². The number of esters is 2. The van der Waals surface area contributed by atoms with Gasteiger partial charge in [0.05, 0.1) is 26.4 Å². The van der Waals surface area contributed by atoms with Crippen molar-refractivity contribution in [2.45, 2.75) is 102 Å². The van der Waals surface area contributed by atoms with Crippen LogP contribution in [0.15, 0.2) is 165 Å². The zero-order valence-corrected chi connectivity index (χ0v) is 47.3. The Hall–Kier alpha value is -7.24. The van der Waals surface area contributed by atoms with Crippen molar-refractivity contribution in [2.24, 2.45) is 0 Å². The number of methoxy groups -OCH3 is 2. The SMILES string of the molecule is CC(C)(C)[Si](Cl)(c1ccccc1)c1ccccc1.COC(=O)[C@@H]1C[C@@H](O)CN1C(=O)Cn1ccc(=O)[nH]c1=O.COC(=O)[C@@H]1C[C@@H](O[Si](c2ccccc2)(c2ccccc2)C(C)(C)C)CN1C(=O)Cn1ccc(=O)[nH]c1=O. The molecule has 2 aliphatic heterocycles. The highest BCUT2D eigenvalue weighted by atomic mass is 35.6. The van der Waals surface area contributed by atoms with Crippen LogP contribution in [0.2, 0.25) is 10.1 Å². The number of rotatable bonds is 12. The number of aromatic amines is 2. The number of amides is 2. The number of benzene rings is 4. The smallest absolute Gasteiger partial charge is 0.328 e. The number of ether oxygens (including phenoxy) is 2. The van der Waals surface area contributed by atoms with Crippen molar-refractivity contribution in [3.63, 3.8) is 0 Å². The Morgan fingerprint density at radius 3 is 1.27 bits per heavy atom. The van der Waals surface area contributed by atoms with Gasteiger partial charge in [0.2, 0.25) is 19.2 Å². The molecular weight excluding hydrogens is 1040 g/mol. The molecular formula is C56H67ClN6O12Si2. The second-order valence-electron chi connectivity index (χ2n) is 20.8. The summed E-state index contributed by atoms with van der Waals surface area (Å²) in [7, 11) is -2.68. The lowest BCUT2D eigenvalue weighted by molar-refractivity contribution is -0.151. The molecule has 0 spiro atoms. The van der Waals surface area contributed by atoms with E-state index in [0.717, 1.165) is 25.6 Å². The maximum absolute atomic E-state index is 13.4. The summed E-state index contributed by atoms with van der Waals surface area (Å²) in [5.41, 5.74) is -2.52. The van der Waals surface area contributed by atoms with E-state index in [4.69, 9.17) is 20.2 Å². The van der Waals surface area contributed by atoms with Crippen LogP contribution in [0.5, 0.6) is 0 Å². The van der Waals surface area contributed by atoms with Crippen LogP contribution in [-0.4, -0.2) is 125 Å². The Labute approximate surface area is 453 Å². The molecule has 18 nitrogen and oxygen atoms in total. The van der Waals surface area contributed by atoms with E-state index in [1.165, 1.54) is 52.9 Å². The third-order valence-corrected chi connectivity index (χ3v) is 26.1. The lowest BCUT2D eigenvalue weighted by Gasteiger charge is -2.44. The third-order valence-electron chi connectivity index (χ3n) is 13.7. The quantitative estimate of drug-likeness (QED) is 0.0913. The second kappa shape index (κ2) is 25.3. The molecule has 0 saturated carbocycles. The van der Waals surface area contributed by atoms with Gasteiger partial charge in [0.25, 0.3) is 19.4 Å². The maximum Gasteiger partial charge on any atom is 0.328 e. The first-order valence-electron chi connectivity index (χ1n) is 25.1. The van der Waals surface area contributed by atoms with E-state index < -0.39 is 86.2 Å². The number of likely N-dealkylation sites (tertiary alicyclic amines) is 2. The summed E-state index contributed by atoms with van der Waals surface area (Å²) in [6, 6.07) is 41.9. The van der Waals surface area contributed by atoms with E-state index in [1.807, 2.05) is 53.5 Å². The summed E-state index contributed by atoms with van der Waals surface area (Å²) < 4.78 is 18.9. The number of H-pyrrole nitrogens is 2. The van der Waals surface area contributed by atoms with Crippen LogP contribution in [0, 0.1) is 0 Å². The maximum atomic E-state index is 13.4. The minimum atomic E-state index is -2.93. The molecule has 2 saturated heterocycles. The van der Waals surface area contributed by atoms with Crippen LogP contribution < -0.4 is 43.2 Å². The molecule has 0 unspecified atom stereocenters. The highest BCUT2D eigenvalue weighted by Gasteiger charge is 2.54. The average molecular weight is 1110 g/mol. The number of aliphatic hydroxyl groups is 1. The Morgan fingerprint density at radius 1 is 0.558 bits per heavy atom. The minimum Gasteiger partial charge on any atom is -0.467 e. The van der Waals surface area contributed by atoms with Gasteiger partial charge in [-0.05, 0) is 30.8 Å². The zero-order chi connectivity index (χ0) is 56.3. The first-order valence-corrected chi connectivity index (χ1v) is 30.0. The van der Waals surface area contributed by atoms with Gasteiger partial charge in [-0.1, -0.05) is 163 Å². The van der Waals surface area contributed by atoms with E-state index >= 15 is 0 Å². The molecule has 2 amide bonds. The van der Waals surface area contributed by atoms with Crippen LogP contribution in [-0.2, 0) is 46.2 Å². The van der Waals surface area contributed by atoms with Gasteiger partial charge in [0, 0.05) is 50.5 Å². The van der Waals surface area contributed by atoms with Crippen LogP contribution in [0.1, 0.15) is 54.4 Å². The van der Waals surface area contributed by atoms with Gasteiger partial charge in [-0.2, -0.15) is 11.1 Å². The standard InChI is InChI=1S/C28H33N3O6Si.C16H19ClSi.C12H15N3O6/c1-28(2,3)38(21-11-7-5-8-12-21,22-13-9-6-10-14-22)37-20-17-23(26(34)36-4)31(18-20)25(33)19-30-16-15-24(32)29-27(30)35;1-16(2,3)18(17,14-10-6-4-7-11-14)15-12-8-5-9-13-15;1-21-11(19)8-4-7(16)5-15(8)10(18)6-14-3-2-9(17)13-12(14)20/h5-16,20,23H,17-19H2,1-4H3,(H,29,32,35);4-13H,1-3H3;2-3,7-8,16H,4-6H2,1H3,(H,13,17,20)/t20-,23+;;7-,8+/m1.1/s1. The number of hydrogen-bond acceptors (Lipinski definition) is 12. The molecule has 8 rings (SSSR count). The fourth-order valence-electron chi connectivity index (χ4n) is 9.89. The van der Waals surface area contributed by atoms with Crippen molar-refractivity contribution in [3.05, 3.63) is 188 Å². The summed E-state index contributed by atoms with van der Waals surface area (Å²) in [6.07, 6.45) is 1.56. The Balaban J connectivity index is 0.000000207. The van der Waals surface area contributed by atoms with Crippen molar-refractivity contribution >= 4 is 71.3 Å². The van der Waals surface area contributed by atoms with Gasteiger partial charge < -0.3 is 28.8 Å². The molecule has 0 bridgehead atoms. The van der Waals surface area contributed by atoms with Gasteiger partial charge in [0.1, 0.15) is 25.2 Å². The van der Waals surface area contributed by atoms with Crippen LogP contribution in [0.25, 0.3) is 0 Å². The number of carbonyl (C=O) groups excluding carboxylic acids is 4. The predicted molar refractivity (Wildman–Crippen MR) is 299 cm³/mol. The van der Waals surface area contributed by atoms with Crippen molar-refractivity contribution in [2.75, 3.05) is 27.3 Å². The highest BCUT2D eigenvalue weighted by molar-refractivity contribution is 7.35. The van der Waals surface area contributed by atoms with E-state index in [9.17, 15) is 43.5 Å². The molecule has 0 radical (unpaired) electrons. The Bertz CT molecular complexity index is 3140. The molecule has 4 aromatic carbocycles. The first-order chi connectivity index (χ1) is 36.4. The van der Waals surface area contributed by atoms with E-state index in [0.29, 0.717) is 0 Å². The number of hydrogen-bond donors (Lipinski definition) is 3. The fraction of sp³-hybridized carbons (Fsp3) is 0.357. The van der Waals surface area contributed by atoms with Crippen LogP contribution >= 0.6 is 11.1 Å². The van der Waals surface area contributed by atoms with E-state index in [2.05, 4.69) is 124 Å². The summed E-state index contributed by atoms with van der Waals surface area (Å²) in [4.78, 5) is 103. The molecule has 3 N–H and O–H groups in total. The van der Waals surface area contributed by atoms with Crippen LogP contribution in [0.4, 0.5) is 0 Å². The number of aromatic nitrogens is 4. The lowest BCUT2D eigenvalue weighted by atomic mass is 10.2. The van der Waals surface area contributed by atoms with Gasteiger partial charge in [-0.3, -0.25) is 38.3 Å². The molecule has 6 aromatic rings. The largest absolute Gasteiger partial charge is 0.467 e. The van der Waals surface area contributed by atoms with Gasteiger partial charge in [0.15, 0.2) is 0 Å². The van der Waals surface area contributed by atoms with Crippen molar-refractivity contribution in [3.8, 4) is 0 Å². The lowest BCUT2D eigenvalue weighted by Crippen LogP contribution is -2.67. The summed E-state index contributed by atoms with van der Waals surface area (Å²) in [5, 5.41) is 14.1. The summed E-state index contributed by atoms with van der Waals surface area (Å²) in [6.45, 7) is 12.7. The highest BCUT2D eigenvalue weighted by Crippen LogP contribution is 2.40. The normalized spacial score (nSPS) is 17.5. The van der Waals surface area contributed by atoms with Gasteiger partial charge in [-0.25, -0.2) is 19.2 Å². The Morgan fingerprint density at radius 2 is 0.922 bits per heavy atom. The third kappa shape index (κ3) is 13.7. The summed E-state index contributed by atoms with van der Waals surface area (Å²) >= 11 is 7.21. The first kappa shape index (κ1) is 59.0. The van der Waals surface area contributed by atoms with Crippen molar-refractivity contribution < 1.29 is 38.2 Å². The van der Waals surface area contributed by atoms with Crippen molar-refractivity contribution in [1.29, 1.82) is 0 Å². The molecule has 2 aromatic heterocycles. The van der Waals surface area contributed by atoms with Gasteiger partial charge >= 0.3 is 23.3 Å². The zero-order valence-electron chi connectivity index (χ0n) is 44.5. The number of carbonyl (C=O) groups is 4. The minimum absolute atomic E-state index is 0.00327. The van der Waals surface area contributed by atoms with E-state index in [1.54, 1.807) is 0 Å². The second-order valence-corrected chi connectivity index (χ2v) is 30.7. The predicted octanol–water partition coefficient (Wildman–Crippen LogP) is 2.71. The van der Waals surface area contributed by atoms with E-state index in [-0.39, 0.29) is 49.1 Å². The number of halogens is 1. The number of β-amino-alcohol motifs (C(OH)–C–C–N with tert-alkyl or cyclic N) is 1. The van der Waals surface area contributed by atoms with Gasteiger partial charge in [-0.15, -0.1) is 0 Å². The molecule has 4 atom stereocenters. The number of aliphatic hydroxyl groups excluding tert-OH is 1. The summed E-state index contributed by atoms with van der Waals surface area (Å²) in [5.74, 6) is -2.12. The van der Waals surface area contributed by atoms with Crippen LogP contribution in [0.3, 0.4) is 0 Å². The molecule has 21 heteroatoms. The molecule has 2 fully saturated rings. The molecule has 4 heterocycles. The molecule has 408 valence electrons.